The maximum Gasteiger partial charge on any atom is 0.334 e. The summed E-state index contributed by atoms with van der Waals surface area (Å²) >= 11 is 0. The van der Waals surface area contributed by atoms with Crippen LogP contribution in [-0.2, 0) is 4.65 Å². The van der Waals surface area contributed by atoms with Crippen LogP contribution in [0.15, 0.2) is 18.2 Å². The van der Waals surface area contributed by atoms with Gasteiger partial charge < -0.3 is 9.76 Å². The quantitative estimate of drug-likeness (QED) is 0.532. The number of hydrogen-bond donors (Lipinski definition) is 1. The fourth-order valence-corrected chi connectivity index (χ4v) is 1.08. The Hall–Kier alpha value is -0.865. The first-order valence-corrected chi connectivity index (χ1v) is 3.23. The molecular formula is C7H5BFO2. The van der Waals surface area contributed by atoms with Crippen molar-refractivity contribution in [2.75, 3.05) is 0 Å². The average Bonchev–Trinajstić information content (AvgIpc) is 2.33. The van der Waals surface area contributed by atoms with Gasteiger partial charge in [-0.25, -0.2) is 4.39 Å². The van der Waals surface area contributed by atoms with E-state index in [4.69, 9.17) is 9.76 Å². The summed E-state index contributed by atoms with van der Waals surface area (Å²) in [6.45, 7) is 0. The molecule has 4 heteroatoms. The second-order valence-electron chi connectivity index (χ2n) is 2.38. The predicted molar refractivity (Wildman–Crippen MR) is 37.8 cm³/mol. The van der Waals surface area contributed by atoms with Crippen LogP contribution in [0.25, 0.3) is 0 Å². The van der Waals surface area contributed by atoms with Crippen molar-refractivity contribution in [2.45, 2.75) is 6.29 Å². The number of aliphatic hydroxyl groups is 1. The second kappa shape index (κ2) is 2.32. The molecule has 0 amide bonds. The molecule has 1 aliphatic rings. The van der Waals surface area contributed by atoms with E-state index in [9.17, 15) is 4.39 Å². The molecule has 0 spiro atoms. The molecule has 1 unspecified atom stereocenters. The summed E-state index contributed by atoms with van der Waals surface area (Å²) in [5, 5.41) is 9.09. The molecule has 1 heterocycles. The van der Waals surface area contributed by atoms with Gasteiger partial charge in [0, 0.05) is 5.56 Å². The number of aliphatic hydroxyl groups excluding tert-OH is 1. The summed E-state index contributed by atoms with van der Waals surface area (Å²) in [7, 11) is 1.42. The SMILES string of the molecule is OC1O[B]c2ccc(F)cc21. The van der Waals surface area contributed by atoms with E-state index in [1.54, 1.807) is 6.07 Å². The third-order valence-corrected chi connectivity index (χ3v) is 1.64. The van der Waals surface area contributed by atoms with Crippen molar-refractivity contribution >= 4 is 12.9 Å². The molecule has 0 aromatic heterocycles. The van der Waals surface area contributed by atoms with Gasteiger partial charge in [-0.15, -0.1) is 0 Å². The molecule has 1 aliphatic heterocycles. The van der Waals surface area contributed by atoms with E-state index in [1.165, 1.54) is 19.6 Å². The third kappa shape index (κ3) is 1.04. The number of benzene rings is 1. The molecule has 55 valence electrons. The number of hydrogen-bond acceptors (Lipinski definition) is 2. The van der Waals surface area contributed by atoms with Crippen molar-refractivity contribution in [3.8, 4) is 0 Å². The summed E-state index contributed by atoms with van der Waals surface area (Å²) in [5.74, 6) is -0.360. The van der Waals surface area contributed by atoms with Crippen molar-refractivity contribution < 1.29 is 14.2 Å². The molecule has 11 heavy (non-hydrogen) atoms. The monoisotopic (exact) mass is 151 g/mol. The molecule has 2 nitrogen and oxygen atoms in total. The van der Waals surface area contributed by atoms with E-state index >= 15 is 0 Å². The normalized spacial score (nSPS) is 21.1. The van der Waals surface area contributed by atoms with Crippen LogP contribution in [0.4, 0.5) is 4.39 Å². The largest absolute Gasteiger partial charge is 0.407 e. The zero-order chi connectivity index (χ0) is 7.84. The van der Waals surface area contributed by atoms with Gasteiger partial charge in [0.2, 0.25) is 0 Å². The maximum atomic E-state index is 12.6. The summed E-state index contributed by atoms with van der Waals surface area (Å²) in [6.07, 6.45) is -0.999. The van der Waals surface area contributed by atoms with Gasteiger partial charge >= 0.3 is 7.48 Å². The van der Waals surface area contributed by atoms with Gasteiger partial charge in [-0.3, -0.25) is 0 Å². The molecule has 2 rings (SSSR count). The Morgan fingerprint density at radius 1 is 1.55 bits per heavy atom. The maximum absolute atomic E-state index is 12.6. The van der Waals surface area contributed by atoms with Crippen LogP contribution >= 0.6 is 0 Å². The van der Waals surface area contributed by atoms with Gasteiger partial charge in [-0.2, -0.15) is 0 Å². The average molecular weight is 151 g/mol. The molecular weight excluding hydrogens is 146 g/mol. The Labute approximate surface area is 63.9 Å². The highest BCUT2D eigenvalue weighted by Gasteiger charge is 2.22. The molecule has 0 saturated carbocycles. The van der Waals surface area contributed by atoms with Crippen LogP contribution < -0.4 is 5.46 Å². The van der Waals surface area contributed by atoms with Crippen LogP contribution in [0, 0.1) is 5.82 Å². The van der Waals surface area contributed by atoms with Gasteiger partial charge in [-0.1, -0.05) is 6.07 Å². The number of halogens is 1. The highest BCUT2D eigenvalue weighted by atomic mass is 19.1. The van der Waals surface area contributed by atoms with Gasteiger partial charge in [0.25, 0.3) is 0 Å². The molecule has 0 fully saturated rings. The number of rotatable bonds is 0. The fourth-order valence-electron chi connectivity index (χ4n) is 1.08. The van der Waals surface area contributed by atoms with Crippen molar-refractivity contribution in [1.29, 1.82) is 0 Å². The van der Waals surface area contributed by atoms with Gasteiger partial charge in [-0.05, 0) is 17.6 Å². The van der Waals surface area contributed by atoms with Crippen LogP contribution in [0.2, 0.25) is 0 Å². The lowest BCUT2D eigenvalue weighted by atomic mass is 9.87. The molecule has 1 aromatic rings. The topological polar surface area (TPSA) is 29.5 Å². The molecule has 1 atom stereocenters. The molecule has 0 aliphatic carbocycles. The van der Waals surface area contributed by atoms with E-state index in [0.717, 1.165) is 5.46 Å². The van der Waals surface area contributed by atoms with Gasteiger partial charge in [0.05, 0.1) is 0 Å². The zero-order valence-electron chi connectivity index (χ0n) is 5.62. The minimum absolute atomic E-state index is 0.360. The van der Waals surface area contributed by atoms with E-state index < -0.39 is 6.29 Å². The summed E-state index contributed by atoms with van der Waals surface area (Å²) in [6, 6.07) is 4.17. The van der Waals surface area contributed by atoms with Crippen molar-refractivity contribution in [3.05, 3.63) is 29.6 Å². The third-order valence-electron chi connectivity index (χ3n) is 1.64. The summed E-state index contributed by atoms with van der Waals surface area (Å²) < 4.78 is 17.3. The molecule has 0 bridgehead atoms. The van der Waals surface area contributed by atoms with Crippen LogP contribution in [-0.4, -0.2) is 12.6 Å². The van der Waals surface area contributed by atoms with Crippen LogP contribution in [0.1, 0.15) is 11.9 Å². The first kappa shape index (κ1) is 6.82. The fraction of sp³-hybridized carbons (Fsp3) is 0.143. The van der Waals surface area contributed by atoms with Crippen molar-refractivity contribution in [2.24, 2.45) is 0 Å². The lowest BCUT2D eigenvalue weighted by molar-refractivity contribution is -0.00812. The summed E-state index contributed by atoms with van der Waals surface area (Å²) in [5.41, 5.74) is 1.23. The zero-order valence-corrected chi connectivity index (χ0v) is 5.62. The smallest absolute Gasteiger partial charge is 0.334 e. The second-order valence-corrected chi connectivity index (χ2v) is 2.38. The highest BCUT2D eigenvalue weighted by Crippen LogP contribution is 2.17. The predicted octanol–water partition coefficient (Wildman–Crippen LogP) is 0.0913. The van der Waals surface area contributed by atoms with Crippen LogP contribution in [0.5, 0.6) is 0 Å². The van der Waals surface area contributed by atoms with E-state index in [-0.39, 0.29) is 5.82 Å². The van der Waals surface area contributed by atoms with Gasteiger partial charge in [0.15, 0.2) is 6.29 Å². The molecule has 1 N–H and O–H groups in total. The Balaban J connectivity index is 2.52. The molecule has 0 saturated heterocycles. The van der Waals surface area contributed by atoms with E-state index in [1.807, 2.05) is 0 Å². The van der Waals surface area contributed by atoms with E-state index in [2.05, 4.69) is 0 Å². The lowest BCUT2D eigenvalue weighted by Crippen LogP contribution is -2.10. The Bertz CT molecular complexity index is 290. The standard InChI is InChI=1S/C7H5BFO2/c9-4-1-2-6-5(3-4)7(10)11-8-6/h1-3,7,10H. The Kier molecular flexibility index (Phi) is 1.44. The molecule has 1 radical (unpaired) electrons. The lowest BCUT2D eigenvalue weighted by Gasteiger charge is -2.02. The molecule has 1 aromatic carbocycles. The van der Waals surface area contributed by atoms with E-state index in [0.29, 0.717) is 5.56 Å². The Morgan fingerprint density at radius 2 is 2.36 bits per heavy atom. The minimum Gasteiger partial charge on any atom is -0.407 e. The van der Waals surface area contributed by atoms with Crippen LogP contribution in [0.3, 0.4) is 0 Å². The van der Waals surface area contributed by atoms with Crippen molar-refractivity contribution in [1.82, 2.24) is 0 Å². The first-order valence-electron chi connectivity index (χ1n) is 3.23. The number of fused-ring (bicyclic) bond motifs is 1. The van der Waals surface area contributed by atoms with Crippen molar-refractivity contribution in [3.63, 3.8) is 0 Å². The van der Waals surface area contributed by atoms with Gasteiger partial charge in [0.1, 0.15) is 5.82 Å². The summed E-state index contributed by atoms with van der Waals surface area (Å²) in [4.78, 5) is 0. The minimum atomic E-state index is -0.999. The Morgan fingerprint density at radius 3 is 3.18 bits per heavy atom. The first-order chi connectivity index (χ1) is 5.27. The highest BCUT2D eigenvalue weighted by molar-refractivity contribution is 6.49.